The second-order valence-electron chi connectivity index (χ2n) is 6.01. The zero-order chi connectivity index (χ0) is 17.8. The highest BCUT2D eigenvalue weighted by Gasteiger charge is 2.18. The predicted octanol–water partition coefficient (Wildman–Crippen LogP) is 3.41. The molecule has 0 unspecified atom stereocenters. The molecule has 3 rings (SSSR count). The van der Waals surface area contributed by atoms with Gasteiger partial charge in [0, 0.05) is 25.6 Å². The SMILES string of the molecule is CN(Cc1ccccc1O)C(=O)Cc1cc(Cl)c2c(c1)OCCCO2. The molecule has 25 heavy (non-hydrogen) atoms. The van der Waals surface area contributed by atoms with Gasteiger partial charge in [-0.1, -0.05) is 29.8 Å². The van der Waals surface area contributed by atoms with Crippen LogP contribution < -0.4 is 9.47 Å². The smallest absolute Gasteiger partial charge is 0.227 e. The van der Waals surface area contributed by atoms with Crippen molar-refractivity contribution in [3.8, 4) is 17.2 Å². The van der Waals surface area contributed by atoms with Gasteiger partial charge in [0.15, 0.2) is 11.5 Å². The van der Waals surface area contributed by atoms with Crippen molar-refractivity contribution >= 4 is 17.5 Å². The molecule has 2 aromatic carbocycles. The molecule has 0 spiro atoms. The molecule has 0 atom stereocenters. The van der Waals surface area contributed by atoms with E-state index in [1.165, 1.54) is 0 Å². The molecule has 0 aliphatic carbocycles. The number of likely N-dealkylation sites (N-methyl/N-ethyl adjacent to an activating group) is 1. The van der Waals surface area contributed by atoms with E-state index in [0.29, 0.717) is 41.8 Å². The van der Waals surface area contributed by atoms with Crippen molar-refractivity contribution in [2.45, 2.75) is 19.4 Å². The number of ether oxygens (including phenoxy) is 2. The third-order valence-corrected chi connectivity index (χ3v) is 4.32. The van der Waals surface area contributed by atoms with Crippen molar-refractivity contribution in [3.63, 3.8) is 0 Å². The summed E-state index contributed by atoms with van der Waals surface area (Å²) < 4.78 is 11.3. The number of benzene rings is 2. The van der Waals surface area contributed by atoms with Crippen molar-refractivity contribution in [2.24, 2.45) is 0 Å². The number of fused-ring (bicyclic) bond motifs is 1. The molecular weight excluding hydrogens is 342 g/mol. The molecule has 0 saturated heterocycles. The zero-order valence-corrected chi connectivity index (χ0v) is 14.8. The lowest BCUT2D eigenvalue weighted by Crippen LogP contribution is -2.27. The van der Waals surface area contributed by atoms with Crippen LogP contribution in [0, 0.1) is 0 Å². The molecule has 0 saturated carbocycles. The van der Waals surface area contributed by atoms with Gasteiger partial charge in [-0.3, -0.25) is 4.79 Å². The molecule has 0 bridgehead atoms. The van der Waals surface area contributed by atoms with Gasteiger partial charge >= 0.3 is 0 Å². The van der Waals surface area contributed by atoms with Crippen molar-refractivity contribution in [1.29, 1.82) is 0 Å². The summed E-state index contributed by atoms with van der Waals surface area (Å²) in [6.45, 7) is 1.46. The van der Waals surface area contributed by atoms with Crippen LogP contribution in [-0.4, -0.2) is 36.2 Å². The van der Waals surface area contributed by atoms with Crippen LogP contribution in [0.2, 0.25) is 5.02 Å². The second-order valence-corrected chi connectivity index (χ2v) is 6.42. The first-order chi connectivity index (χ1) is 12.0. The number of halogens is 1. The van der Waals surface area contributed by atoms with E-state index in [-0.39, 0.29) is 18.1 Å². The Hall–Kier alpha value is -2.40. The third-order valence-electron chi connectivity index (χ3n) is 4.04. The Labute approximate surface area is 151 Å². The van der Waals surface area contributed by atoms with Gasteiger partial charge in [-0.2, -0.15) is 0 Å². The van der Waals surface area contributed by atoms with Crippen LogP contribution in [0.5, 0.6) is 17.2 Å². The molecule has 1 heterocycles. The van der Waals surface area contributed by atoms with E-state index < -0.39 is 0 Å². The van der Waals surface area contributed by atoms with Gasteiger partial charge in [0.05, 0.1) is 24.7 Å². The Morgan fingerprint density at radius 1 is 1.24 bits per heavy atom. The molecule has 2 aromatic rings. The summed E-state index contributed by atoms with van der Waals surface area (Å²) in [5, 5.41) is 10.3. The molecule has 132 valence electrons. The number of para-hydroxylation sites is 1. The van der Waals surface area contributed by atoms with Crippen LogP contribution in [0.4, 0.5) is 0 Å². The van der Waals surface area contributed by atoms with Crippen molar-refractivity contribution in [3.05, 3.63) is 52.5 Å². The minimum absolute atomic E-state index is 0.0752. The Balaban J connectivity index is 1.71. The highest BCUT2D eigenvalue weighted by molar-refractivity contribution is 6.32. The molecule has 1 aliphatic heterocycles. The number of phenols is 1. The molecule has 1 N–H and O–H groups in total. The van der Waals surface area contributed by atoms with Gasteiger partial charge in [-0.15, -0.1) is 0 Å². The van der Waals surface area contributed by atoms with E-state index in [9.17, 15) is 9.90 Å². The first kappa shape index (κ1) is 17.4. The van der Waals surface area contributed by atoms with Gasteiger partial charge in [0.2, 0.25) is 5.91 Å². The first-order valence-corrected chi connectivity index (χ1v) is 8.51. The summed E-state index contributed by atoms with van der Waals surface area (Å²) in [7, 11) is 1.71. The number of amides is 1. The molecule has 0 radical (unpaired) electrons. The molecule has 0 fully saturated rings. The summed E-state index contributed by atoms with van der Waals surface area (Å²) in [5.74, 6) is 1.23. The zero-order valence-electron chi connectivity index (χ0n) is 14.0. The molecule has 0 aromatic heterocycles. The number of carbonyl (C=O) groups is 1. The van der Waals surface area contributed by atoms with E-state index in [1.807, 2.05) is 6.07 Å². The minimum Gasteiger partial charge on any atom is -0.508 e. The Morgan fingerprint density at radius 3 is 2.80 bits per heavy atom. The Kier molecular flexibility index (Phi) is 5.34. The van der Waals surface area contributed by atoms with Crippen LogP contribution in [0.15, 0.2) is 36.4 Å². The van der Waals surface area contributed by atoms with Crippen molar-refractivity contribution < 1.29 is 19.4 Å². The lowest BCUT2D eigenvalue weighted by Gasteiger charge is -2.18. The standard InChI is InChI=1S/C19H20ClNO4/c1-21(12-14-5-2-3-6-16(14)22)18(23)11-13-9-15(20)19-17(10-13)24-7-4-8-25-19/h2-3,5-6,9-10,22H,4,7-8,11-12H2,1H3. The number of nitrogens with zero attached hydrogens (tertiary/aromatic N) is 1. The maximum atomic E-state index is 12.5. The van der Waals surface area contributed by atoms with Crippen molar-refractivity contribution in [2.75, 3.05) is 20.3 Å². The summed E-state index contributed by atoms with van der Waals surface area (Å²) in [6.07, 6.45) is 0.989. The average molecular weight is 362 g/mol. The van der Waals surface area contributed by atoms with E-state index in [2.05, 4.69) is 0 Å². The van der Waals surface area contributed by atoms with E-state index in [4.69, 9.17) is 21.1 Å². The highest BCUT2D eigenvalue weighted by atomic mass is 35.5. The maximum Gasteiger partial charge on any atom is 0.227 e. The summed E-state index contributed by atoms with van der Waals surface area (Å²) >= 11 is 6.27. The number of aromatic hydroxyl groups is 1. The monoisotopic (exact) mass is 361 g/mol. The average Bonchev–Trinajstić information content (AvgIpc) is 2.82. The maximum absolute atomic E-state index is 12.5. The van der Waals surface area contributed by atoms with Crippen LogP contribution >= 0.6 is 11.6 Å². The normalized spacial score (nSPS) is 13.2. The van der Waals surface area contributed by atoms with Gasteiger partial charge in [0.25, 0.3) is 0 Å². The fraction of sp³-hybridized carbons (Fsp3) is 0.316. The molecule has 1 amide bonds. The summed E-state index contributed by atoms with van der Waals surface area (Å²) in [5.41, 5.74) is 1.47. The Bertz CT molecular complexity index is 778. The summed E-state index contributed by atoms with van der Waals surface area (Å²) in [4.78, 5) is 14.1. The fourth-order valence-corrected chi connectivity index (χ4v) is 2.97. The predicted molar refractivity (Wildman–Crippen MR) is 95.3 cm³/mol. The fourth-order valence-electron chi connectivity index (χ4n) is 2.68. The van der Waals surface area contributed by atoms with Gasteiger partial charge in [-0.25, -0.2) is 0 Å². The quantitative estimate of drug-likeness (QED) is 0.906. The van der Waals surface area contributed by atoms with Crippen LogP contribution in [-0.2, 0) is 17.8 Å². The Morgan fingerprint density at radius 2 is 2.00 bits per heavy atom. The van der Waals surface area contributed by atoms with Crippen LogP contribution in [0.3, 0.4) is 0 Å². The molecule has 6 heteroatoms. The first-order valence-electron chi connectivity index (χ1n) is 8.13. The van der Waals surface area contributed by atoms with Gasteiger partial charge in [0.1, 0.15) is 5.75 Å². The number of phenolic OH excluding ortho intramolecular Hbond substituents is 1. The van der Waals surface area contributed by atoms with Gasteiger partial charge < -0.3 is 19.5 Å². The van der Waals surface area contributed by atoms with E-state index >= 15 is 0 Å². The number of hydrogen-bond acceptors (Lipinski definition) is 4. The largest absolute Gasteiger partial charge is 0.508 e. The van der Waals surface area contributed by atoms with Gasteiger partial charge in [-0.05, 0) is 23.8 Å². The summed E-state index contributed by atoms with van der Waals surface area (Å²) in [6, 6.07) is 10.5. The second kappa shape index (κ2) is 7.66. The van der Waals surface area contributed by atoms with E-state index in [1.54, 1.807) is 42.3 Å². The molecule has 5 nitrogen and oxygen atoms in total. The van der Waals surface area contributed by atoms with Crippen LogP contribution in [0.1, 0.15) is 17.5 Å². The number of carbonyl (C=O) groups excluding carboxylic acids is 1. The molecular formula is C19H20ClNO4. The lowest BCUT2D eigenvalue weighted by atomic mass is 10.1. The molecule has 1 aliphatic rings. The lowest BCUT2D eigenvalue weighted by molar-refractivity contribution is -0.129. The minimum atomic E-state index is -0.0752. The highest BCUT2D eigenvalue weighted by Crippen LogP contribution is 2.38. The van der Waals surface area contributed by atoms with Crippen molar-refractivity contribution in [1.82, 2.24) is 4.90 Å². The topological polar surface area (TPSA) is 59.0 Å². The van der Waals surface area contributed by atoms with Crippen LogP contribution in [0.25, 0.3) is 0 Å². The van der Waals surface area contributed by atoms with E-state index in [0.717, 1.165) is 12.0 Å². The number of hydrogen-bond donors (Lipinski definition) is 1. The third kappa shape index (κ3) is 4.17. The number of rotatable bonds is 4.